The zero-order valence-electron chi connectivity index (χ0n) is 16.3. The fraction of sp³-hybridized carbons (Fsp3) is 0.136. The maximum Gasteiger partial charge on any atom is 0.261 e. The first-order valence-electron chi connectivity index (χ1n) is 9.10. The molecule has 0 aliphatic rings. The van der Waals surface area contributed by atoms with Crippen molar-refractivity contribution in [2.45, 2.75) is 13.8 Å². The van der Waals surface area contributed by atoms with E-state index in [2.05, 4.69) is 15.4 Å². The number of para-hydroxylation sites is 1. The zero-order valence-corrected chi connectivity index (χ0v) is 17.2. The predicted molar refractivity (Wildman–Crippen MR) is 115 cm³/mol. The van der Waals surface area contributed by atoms with Crippen molar-refractivity contribution in [2.75, 3.05) is 12.4 Å². The van der Waals surface area contributed by atoms with Crippen molar-refractivity contribution in [1.82, 2.24) is 14.8 Å². The second kappa shape index (κ2) is 7.89. The first-order chi connectivity index (χ1) is 14.0. The van der Waals surface area contributed by atoms with Gasteiger partial charge in [-0.1, -0.05) is 18.2 Å². The highest BCUT2D eigenvalue weighted by Gasteiger charge is 2.20. The van der Waals surface area contributed by atoms with Gasteiger partial charge in [0.15, 0.2) is 5.13 Å². The van der Waals surface area contributed by atoms with Crippen LogP contribution in [0.4, 0.5) is 5.13 Å². The van der Waals surface area contributed by atoms with E-state index in [1.165, 1.54) is 11.3 Å². The van der Waals surface area contributed by atoms with E-state index in [0.29, 0.717) is 16.4 Å². The number of thiazole rings is 1. The normalized spacial score (nSPS) is 10.7. The van der Waals surface area contributed by atoms with E-state index in [4.69, 9.17) is 4.74 Å². The number of amides is 1. The van der Waals surface area contributed by atoms with Crippen LogP contribution in [0.1, 0.15) is 20.9 Å². The summed E-state index contributed by atoms with van der Waals surface area (Å²) >= 11 is 1.46. The summed E-state index contributed by atoms with van der Waals surface area (Å²) in [6.07, 6.45) is 1.75. The summed E-state index contributed by atoms with van der Waals surface area (Å²) in [5.41, 5.74) is 3.70. The molecule has 0 aliphatic carbocycles. The van der Waals surface area contributed by atoms with Crippen molar-refractivity contribution in [1.29, 1.82) is 0 Å². The third kappa shape index (κ3) is 3.90. The van der Waals surface area contributed by atoms with Crippen LogP contribution >= 0.6 is 11.3 Å². The molecule has 0 saturated carbocycles. The van der Waals surface area contributed by atoms with E-state index in [9.17, 15) is 4.79 Å². The number of benzene rings is 2. The minimum Gasteiger partial charge on any atom is -0.497 e. The number of carbonyl (C=O) groups is 1. The van der Waals surface area contributed by atoms with Crippen LogP contribution in [0.5, 0.6) is 5.75 Å². The number of hydrogen-bond donors (Lipinski definition) is 1. The Bertz CT molecular complexity index is 1130. The molecule has 4 aromatic rings. The van der Waals surface area contributed by atoms with Crippen molar-refractivity contribution >= 4 is 22.4 Å². The summed E-state index contributed by atoms with van der Waals surface area (Å²) in [5, 5.41) is 8.18. The number of rotatable bonds is 5. The third-order valence-corrected chi connectivity index (χ3v) is 5.58. The summed E-state index contributed by atoms with van der Waals surface area (Å²) in [7, 11) is 1.62. The number of nitrogens with zero attached hydrogens (tertiary/aromatic N) is 3. The van der Waals surface area contributed by atoms with E-state index < -0.39 is 0 Å². The Morgan fingerprint density at radius 2 is 1.79 bits per heavy atom. The van der Waals surface area contributed by atoms with Crippen LogP contribution in [-0.2, 0) is 0 Å². The predicted octanol–water partition coefficient (Wildman–Crippen LogP) is 4.87. The number of methoxy groups -OCH3 is 1. The van der Waals surface area contributed by atoms with Gasteiger partial charge in [-0.15, -0.1) is 11.3 Å². The maximum absolute atomic E-state index is 13.1. The van der Waals surface area contributed by atoms with Crippen molar-refractivity contribution < 1.29 is 9.53 Å². The van der Waals surface area contributed by atoms with Gasteiger partial charge in [-0.3, -0.25) is 10.1 Å². The lowest BCUT2D eigenvalue weighted by Crippen LogP contribution is -2.12. The van der Waals surface area contributed by atoms with Crippen LogP contribution in [0, 0.1) is 13.8 Å². The van der Waals surface area contributed by atoms with Crippen molar-refractivity contribution in [3.8, 4) is 22.7 Å². The van der Waals surface area contributed by atoms with Crippen LogP contribution in [0.15, 0.2) is 60.8 Å². The molecule has 0 saturated heterocycles. The van der Waals surface area contributed by atoms with E-state index >= 15 is 0 Å². The lowest BCUT2D eigenvalue weighted by atomic mass is 10.1. The number of carbonyl (C=O) groups excluding carboxylic acids is 1. The molecule has 0 spiro atoms. The molecule has 0 fully saturated rings. The third-order valence-electron chi connectivity index (χ3n) is 4.59. The van der Waals surface area contributed by atoms with E-state index in [0.717, 1.165) is 27.6 Å². The standard InChI is InChI=1S/C22H20N4O2S/c1-14-15(2)29-22(23-14)24-21(27)19-13-26(17-7-5-4-6-8-17)25-20(19)16-9-11-18(28-3)12-10-16/h4-13H,1-3H3,(H,23,24,27). The Morgan fingerprint density at radius 1 is 1.07 bits per heavy atom. The Morgan fingerprint density at radius 3 is 2.41 bits per heavy atom. The van der Waals surface area contributed by atoms with E-state index in [-0.39, 0.29) is 5.91 Å². The summed E-state index contributed by atoms with van der Waals surface area (Å²) in [6, 6.07) is 17.2. The Labute approximate surface area is 172 Å². The molecule has 29 heavy (non-hydrogen) atoms. The quantitative estimate of drug-likeness (QED) is 0.515. The van der Waals surface area contributed by atoms with E-state index in [1.54, 1.807) is 18.0 Å². The molecule has 0 unspecified atom stereocenters. The second-order valence-electron chi connectivity index (χ2n) is 6.51. The Hall–Kier alpha value is -3.45. The Kier molecular flexibility index (Phi) is 5.14. The molecule has 0 bridgehead atoms. The molecular weight excluding hydrogens is 384 g/mol. The van der Waals surface area contributed by atoms with Gasteiger partial charge in [-0.25, -0.2) is 9.67 Å². The van der Waals surface area contributed by atoms with Gasteiger partial charge in [-0.05, 0) is 50.2 Å². The minimum atomic E-state index is -0.244. The van der Waals surface area contributed by atoms with Gasteiger partial charge >= 0.3 is 0 Å². The zero-order chi connectivity index (χ0) is 20.4. The molecule has 4 rings (SSSR count). The largest absolute Gasteiger partial charge is 0.497 e. The van der Waals surface area contributed by atoms with Gasteiger partial charge in [0, 0.05) is 16.6 Å². The highest BCUT2D eigenvalue weighted by Crippen LogP contribution is 2.28. The van der Waals surface area contributed by atoms with Gasteiger partial charge < -0.3 is 4.74 Å². The first-order valence-corrected chi connectivity index (χ1v) is 9.91. The molecule has 146 valence electrons. The number of nitrogens with one attached hydrogen (secondary N) is 1. The van der Waals surface area contributed by atoms with Crippen LogP contribution in [0.3, 0.4) is 0 Å². The van der Waals surface area contributed by atoms with Crippen LogP contribution in [0.2, 0.25) is 0 Å². The minimum absolute atomic E-state index is 0.244. The van der Waals surface area contributed by atoms with Crippen molar-refractivity contribution in [3.05, 3.63) is 76.9 Å². The average Bonchev–Trinajstić information content (AvgIpc) is 3.32. The monoisotopic (exact) mass is 404 g/mol. The summed E-state index contributed by atoms with van der Waals surface area (Å²) in [6.45, 7) is 3.91. The van der Waals surface area contributed by atoms with Gasteiger partial charge in [0.05, 0.1) is 24.1 Å². The SMILES string of the molecule is COc1ccc(-c2nn(-c3ccccc3)cc2C(=O)Nc2nc(C)c(C)s2)cc1. The van der Waals surface area contributed by atoms with E-state index in [1.807, 2.05) is 68.4 Å². The van der Waals surface area contributed by atoms with Crippen LogP contribution < -0.4 is 10.1 Å². The molecule has 2 heterocycles. The van der Waals surface area contributed by atoms with Crippen molar-refractivity contribution in [2.24, 2.45) is 0 Å². The molecule has 6 nitrogen and oxygen atoms in total. The van der Waals surface area contributed by atoms with Crippen molar-refractivity contribution in [3.63, 3.8) is 0 Å². The summed E-state index contributed by atoms with van der Waals surface area (Å²) in [5.74, 6) is 0.503. The average molecular weight is 404 g/mol. The topological polar surface area (TPSA) is 69.0 Å². The summed E-state index contributed by atoms with van der Waals surface area (Å²) in [4.78, 5) is 18.6. The van der Waals surface area contributed by atoms with Crippen LogP contribution in [-0.4, -0.2) is 27.8 Å². The number of aromatic nitrogens is 3. The highest BCUT2D eigenvalue weighted by atomic mass is 32.1. The number of hydrogen-bond acceptors (Lipinski definition) is 5. The fourth-order valence-electron chi connectivity index (χ4n) is 2.91. The molecule has 0 aliphatic heterocycles. The fourth-order valence-corrected chi connectivity index (χ4v) is 3.72. The molecule has 1 amide bonds. The molecule has 7 heteroatoms. The molecule has 0 radical (unpaired) electrons. The molecular formula is C22H20N4O2S. The summed E-state index contributed by atoms with van der Waals surface area (Å²) < 4.78 is 6.95. The molecule has 0 atom stereocenters. The van der Waals surface area contributed by atoms with Gasteiger partial charge in [0.2, 0.25) is 0 Å². The number of ether oxygens (including phenoxy) is 1. The second-order valence-corrected chi connectivity index (χ2v) is 7.72. The molecule has 2 aromatic carbocycles. The first kappa shape index (κ1) is 18.9. The smallest absolute Gasteiger partial charge is 0.261 e. The van der Waals surface area contributed by atoms with Gasteiger partial charge in [-0.2, -0.15) is 5.10 Å². The maximum atomic E-state index is 13.1. The lowest BCUT2D eigenvalue weighted by Gasteiger charge is -2.04. The van der Waals surface area contributed by atoms with Crippen LogP contribution in [0.25, 0.3) is 16.9 Å². The Balaban J connectivity index is 1.75. The molecule has 2 aromatic heterocycles. The van der Waals surface area contributed by atoms with Gasteiger partial charge in [0.1, 0.15) is 11.4 Å². The molecule has 1 N–H and O–H groups in total. The lowest BCUT2D eigenvalue weighted by molar-refractivity contribution is 0.102. The highest BCUT2D eigenvalue weighted by molar-refractivity contribution is 7.15. The number of aryl methyl sites for hydroxylation is 2. The number of anilines is 1. The van der Waals surface area contributed by atoms with Gasteiger partial charge in [0.25, 0.3) is 5.91 Å².